The fourth-order valence-corrected chi connectivity index (χ4v) is 6.40. The Bertz CT molecular complexity index is 1570. The molecule has 1 aromatic heterocycles. The van der Waals surface area contributed by atoms with E-state index in [9.17, 15) is 14.7 Å². The molecule has 0 spiro atoms. The SMILES string of the molecule is CCc1ccc(C2C(C(=O)C=Cc3ccccc3)=C(O)C(=O)N2c2nnc(SCc3ccccc3Cl)s2)cc1. The number of hydrogen-bond acceptors (Lipinski definition) is 7. The zero-order valence-corrected chi connectivity index (χ0v) is 23.3. The Hall–Kier alpha value is -3.72. The predicted molar refractivity (Wildman–Crippen MR) is 157 cm³/mol. The van der Waals surface area contributed by atoms with E-state index in [1.165, 1.54) is 34.1 Å². The molecule has 0 saturated heterocycles. The molecule has 0 radical (unpaired) electrons. The molecule has 3 aromatic carbocycles. The van der Waals surface area contributed by atoms with Gasteiger partial charge in [-0.2, -0.15) is 0 Å². The highest BCUT2D eigenvalue weighted by atomic mass is 35.5. The third-order valence-corrected chi connectivity index (χ3v) is 8.79. The van der Waals surface area contributed by atoms with Crippen molar-refractivity contribution in [3.8, 4) is 0 Å². The first-order valence-electron chi connectivity index (χ1n) is 12.3. The molecule has 1 N–H and O–H groups in total. The summed E-state index contributed by atoms with van der Waals surface area (Å²) in [7, 11) is 0. The second-order valence-electron chi connectivity index (χ2n) is 8.77. The van der Waals surface area contributed by atoms with Crippen LogP contribution >= 0.6 is 34.7 Å². The number of halogens is 1. The molecule has 4 aromatic rings. The summed E-state index contributed by atoms with van der Waals surface area (Å²) in [6, 6.07) is 23.8. The van der Waals surface area contributed by atoms with Gasteiger partial charge in [0.05, 0.1) is 11.6 Å². The number of amides is 1. The van der Waals surface area contributed by atoms with Crippen molar-refractivity contribution in [3.63, 3.8) is 0 Å². The lowest BCUT2D eigenvalue weighted by molar-refractivity contribution is -0.117. The number of ketones is 1. The van der Waals surface area contributed by atoms with E-state index in [0.717, 1.165) is 23.1 Å². The molecule has 39 heavy (non-hydrogen) atoms. The summed E-state index contributed by atoms with van der Waals surface area (Å²) in [6.07, 6.45) is 3.90. The summed E-state index contributed by atoms with van der Waals surface area (Å²) in [5, 5.41) is 20.4. The molecule has 9 heteroatoms. The first-order chi connectivity index (χ1) is 19.0. The maximum absolute atomic E-state index is 13.4. The Morgan fingerprint density at radius 3 is 2.49 bits per heavy atom. The van der Waals surface area contributed by atoms with Gasteiger partial charge in [0.2, 0.25) is 5.13 Å². The van der Waals surface area contributed by atoms with Gasteiger partial charge in [-0.1, -0.05) is 120 Å². The van der Waals surface area contributed by atoms with Crippen LogP contribution in [0.15, 0.2) is 101 Å². The van der Waals surface area contributed by atoms with Gasteiger partial charge in [-0.25, -0.2) is 0 Å². The molecule has 1 unspecified atom stereocenters. The molecule has 1 aliphatic rings. The average molecular weight is 574 g/mol. The number of aromatic nitrogens is 2. The van der Waals surface area contributed by atoms with Crippen molar-refractivity contribution in [1.29, 1.82) is 0 Å². The summed E-state index contributed by atoms with van der Waals surface area (Å²) in [4.78, 5) is 28.2. The minimum Gasteiger partial charge on any atom is -0.503 e. The molecular weight excluding hydrogens is 550 g/mol. The maximum Gasteiger partial charge on any atom is 0.296 e. The van der Waals surface area contributed by atoms with Gasteiger partial charge in [-0.3, -0.25) is 14.5 Å². The van der Waals surface area contributed by atoms with Crippen LogP contribution in [0.2, 0.25) is 5.02 Å². The van der Waals surface area contributed by atoms with Crippen LogP contribution in [0.3, 0.4) is 0 Å². The molecular formula is C30H24ClN3O3S2. The highest BCUT2D eigenvalue weighted by Crippen LogP contribution is 2.43. The van der Waals surface area contributed by atoms with E-state index in [2.05, 4.69) is 17.1 Å². The number of carbonyl (C=O) groups excluding carboxylic acids is 2. The van der Waals surface area contributed by atoms with Gasteiger partial charge >= 0.3 is 0 Å². The number of benzene rings is 3. The van der Waals surface area contributed by atoms with E-state index in [-0.39, 0.29) is 5.57 Å². The zero-order chi connectivity index (χ0) is 27.4. The molecule has 1 atom stereocenters. The molecule has 5 rings (SSSR count). The molecule has 6 nitrogen and oxygen atoms in total. The van der Waals surface area contributed by atoms with Gasteiger partial charge in [0.25, 0.3) is 5.91 Å². The van der Waals surface area contributed by atoms with Crippen molar-refractivity contribution in [3.05, 3.63) is 124 Å². The molecule has 0 bridgehead atoms. The Morgan fingerprint density at radius 2 is 1.77 bits per heavy atom. The number of anilines is 1. The topological polar surface area (TPSA) is 83.4 Å². The predicted octanol–water partition coefficient (Wildman–Crippen LogP) is 7.23. The van der Waals surface area contributed by atoms with Crippen molar-refractivity contribution < 1.29 is 14.7 Å². The van der Waals surface area contributed by atoms with Gasteiger partial charge in [0.15, 0.2) is 15.9 Å². The molecule has 196 valence electrons. The second-order valence-corrected chi connectivity index (χ2v) is 11.4. The minimum absolute atomic E-state index is 0.0110. The lowest BCUT2D eigenvalue weighted by Crippen LogP contribution is -2.30. The standard InChI is InChI=1S/C30H24ClN3O3S2/c1-2-19-12-15-21(16-13-19)26-25(24(35)17-14-20-8-4-3-5-9-20)27(36)28(37)34(26)29-32-33-30(39-29)38-18-22-10-6-7-11-23(22)31/h3-17,26,36H,2,18H2,1H3. The third-order valence-electron chi connectivity index (χ3n) is 6.31. The minimum atomic E-state index is -0.842. The normalized spacial score (nSPS) is 15.5. The van der Waals surface area contributed by atoms with Crippen LogP contribution in [0.25, 0.3) is 6.08 Å². The van der Waals surface area contributed by atoms with Crippen molar-refractivity contribution in [2.24, 2.45) is 0 Å². The van der Waals surface area contributed by atoms with Crippen LogP contribution in [-0.4, -0.2) is 27.0 Å². The van der Waals surface area contributed by atoms with Crippen LogP contribution in [0.1, 0.15) is 35.2 Å². The van der Waals surface area contributed by atoms with E-state index in [1.807, 2.05) is 78.9 Å². The zero-order valence-electron chi connectivity index (χ0n) is 21.0. The van der Waals surface area contributed by atoms with Crippen LogP contribution in [-0.2, 0) is 21.8 Å². The average Bonchev–Trinajstić information content (AvgIpc) is 3.53. The summed E-state index contributed by atoms with van der Waals surface area (Å²) in [5.41, 5.74) is 3.62. The summed E-state index contributed by atoms with van der Waals surface area (Å²) in [5.74, 6) is -1.13. The van der Waals surface area contributed by atoms with Gasteiger partial charge in [0, 0.05) is 10.8 Å². The molecule has 0 saturated carbocycles. The number of aliphatic hydroxyl groups is 1. The van der Waals surface area contributed by atoms with E-state index < -0.39 is 23.5 Å². The van der Waals surface area contributed by atoms with E-state index in [0.29, 0.717) is 25.8 Å². The molecule has 0 fully saturated rings. The van der Waals surface area contributed by atoms with Crippen LogP contribution in [0.4, 0.5) is 5.13 Å². The second kappa shape index (κ2) is 12.0. The van der Waals surface area contributed by atoms with Crippen LogP contribution < -0.4 is 4.90 Å². The number of carbonyl (C=O) groups is 2. The monoisotopic (exact) mass is 573 g/mol. The Labute approximate surface area is 239 Å². The van der Waals surface area contributed by atoms with Gasteiger partial charge < -0.3 is 5.11 Å². The maximum atomic E-state index is 13.4. The highest BCUT2D eigenvalue weighted by Gasteiger charge is 2.45. The number of hydrogen-bond donors (Lipinski definition) is 1. The lowest BCUT2D eigenvalue weighted by atomic mass is 9.95. The quantitative estimate of drug-likeness (QED) is 0.129. The van der Waals surface area contributed by atoms with Crippen molar-refractivity contribution in [2.45, 2.75) is 29.5 Å². The highest BCUT2D eigenvalue weighted by molar-refractivity contribution is 8.00. The number of allylic oxidation sites excluding steroid dienone is 1. The fourth-order valence-electron chi connectivity index (χ4n) is 4.24. The number of nitrogens with zero attached hydrogens (tertiary/aromatic N) is 3. The number of thioether (sulfide) groups is 1. The summed E-state index contributed by atoms with van der Waals surface area (Å²) >= 11 is 8.96. The summed E-state index contributed by atoms with van der Waals surface area (Å²) in [6.45, 7) is 2.05. The molecule has 0 aliphatic carbocycles. The van der Waals surface area contributed by atoms with Gasteiger partial charge in [0.1, 0.15) is 0 Å². The van der Waals surface area contributed by atoms with E-state index in [1.54, 1.807) is 6.08 Å². The fraction of sp³-hybridized carbons (Fsp3) is 0.133. The van der Waals surface area contributed by atoms with Crippen molar-refractivity contribution in [1.82, 2.24) is 10.2 Å². The Morgan fingerprint density at radius 1 is 1.05 bits per heavy atom. The Balaban J connectivity index is 1.47. The van der Waals surface area contributed by atoms with Crippen molar-refractivity contribution in [2.75, 3.05) is 4.90 Å². The Kier molecular flexibility index (Phi) is 8.26. The number of aryl methyl sites for hydroxylation is 1. The largest absolute Gasteiger partial charge is 0.503 e. The third kappa shape index (κ3) is 5.83. The van der Waals surface area contributed by atoms with Gasteiger partial charge in [-0.15, -0.1) is 10.2 Å². The van der Waals surface area contributed by atoms with Crippen LogP contribution in [0, 0.1) is 0 Å². The first-order valence-corrected chi connectivity index (χ1v) is 14.5. The van der Waals surface area contributed by atoms with Crippen molar-refractivity contribution >= 4 is 57.6 Å². The first kappa shape index (κ1) is 26.9. The van der Waals surface area contributed by atoms with E-state index in [4.69, 9.17) is 11.6 Å². The molecule has 2 heterocycles. The molecule has 1 aliphatic heterocycles. The molecule has 1 amide bonds. The van der Waals surface area contributed by atoms with Gasteiger partial charge in [-0.05, 0) is 40.8 Å². The number of rotatable bonds is 9. The smallest absolute Gasteiger partial charge is 0.296 e. The summed E-state index contributed by atoms with van der Waals surface area (Å²) < 4.78 is 0.640. The lowest BCUT2D eigenvalue weighted by Gasteiger charge is -2.24. The number of aliphatic hydroxyl groups excluding tert-OH is 1. The van der Waals surface area contributed by atoms with Crippen LogP contribution in [0.5, 0.6) is 0 Å². The van der Waals surface area contributed by atoms with E-state index >= 15 is 0 Å².